The highest BCUT2D eigenvalue weighted by Crippen LogP contribution is 2.60. The molecular weight excluding hydrogens is 418 g/mol. The summed E-state index contributed by atoms with van der Waals surface area (Å²) < 4.78 is 10.4. The molecule has 0 aliphatic carbocycles. The van der Waals surface area contributed by atoms with Crippen LogP contribution in [0, 0.1) is 0 Å². The van der Waals surface area contributed by atoms with Gasteiger partial charge in [0.15, 0.2) is 0 Å². The molecule has 0 aromatic rings. The lowest BCUT2D eigenvalue weighted by Gasteiger charge is -2.23. The van der Waals surface area contributed by atoms with Crippen LogP contribution in [0.25, 0.3) is 0 Å². The molecule has 2 aliphatic rings. The van der Waals surface area contributed by atoms with Crippen molar-refractivity contribution in [2.75, 3.05) is 13.7 Å². The van der Waals surface area contributed by atoms with Crippen LogP contribution < -0.4 is 5.32 Å². The Morgan fingerprint density at radius 1 is 0.967 bits per heavy atom. The van der Waals surface area contributed by atoms with Crippen molar-refractivity contribution in [1.29, 1.82) is 0 Å². The molecule has 5 nitrogen and oxygen atoms in total. The molecule has 0 bridgehead atoms. The van der Waals surface area contributed by atoms with Gasteiger partial charge in [-0.1, -0.05) is 32.1 Å². The highest BCUT2D eigenvalue weighted by Gasteiger charge is 2.45. The number of rotatable bonds is 11. The standard InChI is InChI=1S/C23H41NO4S2/c1-22(2,3)28-21(26)24-17-19-14-16-23(30-19)15-13-18(29-23)11-9-7-5-6-8-10-12-20(25)27-4/h18-19H,5-17H2,1-4H3,(H,24,26). The van der Waals surface area contributed by atoms with E-state index in [-0.39, 0.29) is 12.1 Å². The number of carbonyl (C=O) groups excluding carboxylic acids is 2. The van der Waals surface area contributed by atoms with Crippen LogP contribution in [0.1, 0.15) is 97.8 Å². The molecule has 174 valence electrons. The molecule has 7 heteroatoms. The summed E-state index contributed by atoms with van der Waals surface area (Å²) in [5.41, 5.74) is -0.439. The first-order valence-electron chi connectivity index (χ1n) is 11.6. The third-order valence-electron chi connectivity index (χ3n) is 5.71. The number of carbonyl (C=O) groups is 2. The third-order valence-corrected chi connectivity index (χ3v) is 9.51. The number of esters is 1. The molecule has 0 aromatic heterocycles. The van der Waals surface area contributed by atoms with E-state index in [2.05, 4.69) is 33.6 Å². The minimum atomic E-state index is -0.439. The van der Waals surface area contributed by atoms with Crippen molar-refractivity contribution < 1.29 is 19.1 Å². The van der Waals surface area contributed by atoms with E-state index in [1.54, 1.807) is 0 Å². The van der Waals surface area contributed by atoms with Crippen LogP contribution in [-0.2, 0) is 14.3 Å². The highest BCUT2D eigenvalue weighted by atomic mass is 32.2. The Morgan fingerprint density at radius 3 is 2.23 bits per heavy atom. The van der Waals surface area contributed by atoms with Gasteiger partial charge in [-0.2, -0.15) is 0 Å². The second-order valence-electron chi connectivity index (χ2n) is 9.59. The Bertz CT molecular complexity index is 552. The molecule has 2 saturated heterocycles. The molecule has 0 saturated carbocycles. The maximum Gasteiger partial charge on any atom is 0.407 e. The molecule has 1 N–H and O–H groups in total. The summed E-state index contributed by atoms with van der Waals surface area (Å²) in [6, 6.07) is 0. The number of hydrogen-bond donors (Lipinski definition) is 1. The predicted molar refractivity (Wildman–Crippen MR) is 127 cm³/mol. The third kappa shape index (κ3) is 9.71. The normalized spacial score (nSPS) is 26.1. The second kappa shape index (κ2) is 12.5. The highest BCUT2D eigenvalue weighted by molar-refractivity contribution is 8.19. The average molecular weight is 460 g/mol. The molecule has 3 atom stereocenters. The van der Waals surface area contributed by atoms with Gasteiger partial charge in [-0.15, -0.1) is 23.5 Å². The van der Waals surface area contributed by atoms with Crippen LogP contribution >= 0.6 is 23.5 Å². The van der Waals surface area contributed by atoms with Gasteiger partial charge in [-0.25, -0.2) is 4.79 Å². The van der Waals surface area contributed by atoms with E-state index < -0.39 is 5.60 Å². The van der Waals surface area contributed by atoms with E-state index in [1.165, 1.54) is 64.9 Å². The van der Waals surface area contributed by atoms with Gasteiger partial charge in [0.05, 0.1) is 11.2 Å². The van der Waals surface area contributed by atoms with Crippen molar-refractivity contribution in [3.05, 3.63) is 0 Å². The maximum atomic E-state index is 11.9. The fraction of sp³-hybridized carbons (Fsp3) is 0.913. The average Bonchev–Trinajstić information content (AvgIpc) is 3.27. The minimum Gasteiger partial charge on any atom is -0.469 e. The van der Waals surface area contributed by atoms with Crippen molar-refractivity contribution >= 4 is 35.6 Å². The van der Waals surface area contributed by atoms with Gasteiger partial charge in [-0.05, 0) is 59.3 Å². The van der Waals surface area contributed by atoms with Crippen LogP contribution in [0.4, 0.5) is 4.79 Å². The molecule has 1 spiro atoms. The Kier molecular flexibility index (Phi) is 10.7. The first kappa shape index (κ1) is 25.7. The van der Waals surface area contributed by atoms with E-state index in [0.29, 0.717) is 22.3 Å². The number of unbranched alkanes of at least 4 members (excludes halogenated alkanes) is 5. The first-order valence-corrected chi connectivity index (χ1v) is 13.4. The largest absolute Gasteiger partial charge is 0.469 e. The lowest BCUT2D eigenvalue weighted by molar-refractivity contribution is -0.140. The van der Waals surface area contributed by atoms with Crippen molar-refractivity contribution in [2.45, 2.75) is 118 Å². The van der Waals surface area contributed by atoms with E-state index in [9.17, 15) is 9.59 Å². The Labute approximate surface area is 191 Å². The van der Waals surface area contributed by atoms with Crippen LogP contribution in [-0.4, -0.2) is 45.9 Å². The zero-order valence-corrected chi connectivity index (χ0v) is 20.9. The fourth-order valence-corrected chi connectivity index (χ4v) is 8.30. The van der Waals surface area contributed by atoms with Gasteiger partial charge in [0.25, 0.3) is 0 Å². The molecule has 3 unspecified atom stereocenters. The lowest BCUT2D eigenvalue weighted by Crippen LogP contribution is -2.35. The molecule has 30 heavy (non-hydrogen) atoms. The van der Waals surface area contributed by atoms with Crippen molar-refractivity contribution in [3.63, 3.8) is 0 Å². The number of amides is 1. The number of ether oxygens (including phenoxy) is 2. The topological polar surface area (TPSA) is 64.6 Å². The van der Waals surface area contributed by atoms with E-state index in [1.807, 2.05) is 20.8 Å². The van der Waals surface area contributed by atoms with Gasteiger partial charge in [-0.3, -0.25) is 4.79 Å². The molecule has 0 radical (unpaired) electrons. The first-order chi connectivity index (χ1) is 14.2. The Balaban J connectivity index is 1.53. The summed E-state index contributed by atoms with van der Waals surface area (Å²) in [6.45, 7) is 6.40. The predicted octanol–water partition coefficient (Wildman–Crippen LogP) is 6.29. The lowest BCUT2D eigenvalue weighted by atomic mass is 10.0. The maximum absolute atomic E-state index is 11.9. The zero-order valence-electron chi connectivity index (χ0n) is 19.3. The van der Waals surface area contributed by atoms with E-state index in [4.69, 9.17) is 4.74 Å². The molecule has 2 fully saturated rings. The van der Waals surface area contributed by atoms with E-state index >= 15 is 0 Å². The molecule has 0 aromatic carbocycles. The quantitative estimate of drug-likeness (QED) is 0.289. The van der Waals surface area contributed by atoms with Crippen molar-refractivity contribution in [1.82, 2.24) is 5.32 Å². The number of thioether (sulfide) groups is 2. The van der Waals surface area contributed by atoms with Crippen LogP contribution in [0.2, 0.25) is 0 Å². The Hall–Kier alpha value is -0.560. The molecular formula is C23H41NO4S2. The minimum absolute atomic E-state index is 0.0881. The number of hydrogen-bond acceptors (Lipinski definition) is 6. The SMILES string of the molecule is COC(=O)CCCCCCCCC1CCC2(CCC(CNC(=O)OC(C)(C)C)S2)S1. The van der Waals surface area contributed by atoms with Crippen LogP contribution in [0.3, 0.4) is 0 Å². The zero-order chi connectivity index (χ0) is 22.0. The van der Waals surface area contributed by atoms with Crippen LogP contribution in [0.5, 0.6) is 0 Å². The summed E-state index contributed by atoms with van der Waals surface area (Å²) in [4.78, 5) is 23.0. The molecule has 1 amide bonds. The molecule has 2 rings (SSSR count). The number of methoxy groups -OCH3 is 1. The summed E-state index contributed by atoms with van der Waals surface area (Å²) in [5.74, 6) is -0.0881. The van der Waals surface area contributed by atoms with Crippen LogP contribution in [0.15, 0.2) is 0 Å². The summed E-state index contributed by atoms with van der Waals surface area (Å²) >= 11 is 4.31. The number of nitrogens with one attached hydrogen (secondary N) is 1. The molecule has 2 heterocycles. The Morgan fingerprint density at radius 2 is 1.57 bits per heavy atom. The van der Waals surface area contributed by atoms with Gasteiger partial charge in [0, 0.05) is 23.5 Å². The smallest absolute Gasteiger partial charge is 0.407 e. The van der Waals surface area contributed by atoms with Gasteiger partial charge >= 0.3 is 12.1 Å². The van der Waals surface area contributed by atoms with Gasteiger partial charge < -0.3 is 14.8 Å². The fourth-order valence-electron chi connectivity index (χ4n) is 4.18. The van der Waals surface area contributed by atoms with Gasteiger partial charge in [0.2, 0.25) is 0 Å². The van der Waals surface area contributed by atoms with Crippen molar-refractivity contribution in [2.24, 2.45) is 0 Å². The van der Waals surface area contributed by atoms with Crippen molar-refractivity contribution in [3.8, 4) is 0 Å². The molecule has 2 aliphatic heterocycles. The van der Waals surface area contributed by atoms with Gasteiger partial charge in [0.1, 0.15) is 5.60 Å². The summed E-state index contributed by atoms with van der Waals surface area (Å²) in [6.07, 6.45) is 13.9. The summed E-state index contributed by atoms with van der Waals surface area (Å²) in [7, 11) is 1.46. The van der Waals surface area contributed by atoms with E-state index in [0.717, 1.165) is 18.1 Å². The summed E-state index contributed by atoms with van der Waals surface area (Å²) in [5, 5.41) is 4.26. The second-order valence-corrected chi connectivity index (χ2v) is 13.2. The number of alkyl carbamates (subject to hydrolysis) is 1. The monoisotopic (exact) mass is 459 g/mol.